The van der Waals surface area contributed by atoms with Crippen LogP contribution in [-0.4, -0.2) is 49.9 Å². The molecule has 1 saturated heterocycles. The van der Waals surface area contributed by atoms with Crippen molar-refractivity contribution < 1.29 is 17.7 Å². The molecule has 0 aliphatic carbocycles. The van der Waals surface area contributed by atoms with Crippen LogP contribution < -0.4 is 10.6 Å². The number of amides is 1. The third-order valence-corrected chi connectivity index (χ3v) is 5.15. The molecule has 1 amide bonds. The molecular weight excluding hydrogens is 380 g/mol. The molecule has 2 N–H and O–H groups in total. The number of carbonyl (C=O) groups is 1. The van der Waals surface area contributed by atoms with Gasteiger partial charge in [0.15, 0.2) is 9.84 Å². The molecule has 0 radical (unpaired) electrons. The average Bonchev–Trinajstić information content (AvgIpc) is 3.26. The molecule has 142 valence electrons. The fourth-order valence-corrected chi connectivity index (χ4v) is 3.28. The Morgan fingerprint density at radius 3 is 2.69 bits per heavy atom. The molecule has 0 spiro atoms. The van der Waals surface area contributed by atoms with Crippen molar-refractivity contribution in [1.29, 1.82) is 0 Å². The van der Waals surface area contributed by atoms with Crippen molar-refractivity contribution in [2.75, 3.05) is 19.3 Å². The molecule has 3 rings (SSSR count). The smallest absolute Gasteiger partial charge is 0.237 e. The van der Waals surface area contributed by atoms with Crippen molar-refractivity contribution in [2.45, 2.75) is 30.2 Å². The zero-order valence-electron chi connectivity index (χ0n) is 14.3. The number of nitrogens with one attached hydrogen (secondary N) is 2. The van der Waals surface area contributed by atoms with E-state index in [0.29, 0.717) is 30.2 Å². The van der Waals surface area contributed by atoms with Gasteiger partial charge < -0.3 is 15.2 Å². The van der Waals surface area contributed by atoms with Gasteiger partial charge in [0.05, 0.1) is 10.9 Å². The molecule has 1 aromatic heterocycles. The van der Waals surface area contributed by atoms with Gasteiger partial charge in [0.2, 0.25) is 17.6 Å². The summed E-state index contributed by atoms with van der Waals surface area (Å²) < 4.78 is 28.1. The third kappa shape index (κ3) is 5.03. The van der Waals surface area contributed by atoms with Crippen LogP contribution in [0, 0.1) is 0 Å². The highest BCUT2D eigenvalue weighted by Gasteiger charge is 2.21. The molecule has 0 saturated carbocycles. The highest BCUT2D eigenvalue weighted by atomic mass is 35.5. The van der Waals surface area contributed by atoms with Gasteiger partial charge in [-0.25, -0.2) is 8.42 Å². The van der Waals surface area contributed by atoms with Crippen LogP contribution in [0.5, 0.6) is 0 Å². The second-order valence-corrected chi connectivity index (χ2v) is 8.01. The lowest BCUT2D eigenvalue weighted by atomic mass is 10.2. The van der Waals surface area contributed by atoms with Gasteiger partial charge >= 0.3 is 0 Å². The van der Waals surface area contributed by atoms with Gasteiger partial charge in [-0.15, -0.1) is 12.4 Å². The normalized spacial score (nSPS) is 16.9. The summed E-state index contributed by atoms with van der Waals surface area (Å²) in [5.41, 5.74) is 0.668. The summed E-state index contributed by atoms with van der Waals surface area (Å²) in [5.74, 6) is 0.800. The minimum absolute atomic E-state index is 0. The van der Waals surface area contributed by atoms with Crippen LogP contribution in [0.1, 0.15) is 18.7 Å². The minimum atomic E-state index is -3.23. The molecule has 1 aromatic carbocycles. The van der Waals surface area contributed by atoms with Crippen LogP contribution in [-0.2, 0) is 21.1 Å². The van der Waals surface area contributed by atoms with Gasteiger partial charge in [0.1, 0.15) is 0 Å². The molecule has 2 heterocycles. The second-order valence-electron chi connectivity index (χ2n) is 6.00. The van der Waals surface area contributed by atoms with E-state index in [1.165, 1.54) is 12.1 Å². The number of halogens is 1. The van der Waals surface area contributed by atoms with Gasteiger partial charge in [0.25, 0.3) is 0 Å². The predicted molar refractivity (Wildman–Crippen MR) is 97.8 cm³/mol. The summed E-state index contributed by atoms with van der Waals surface area (Å²) in [7, 11) is -3.23. The summed E-state index contributed by atoms with van der Waals surface area (Å²) in [6, 6.07) is 6.19. The van der Waals surface area contributed by atoms with Crippen LogP contribution in [0.3, 0.4) is 0 Å². The van der Waals surface area contributed by atoms with E-state index >= 15 is 0 Å². The van der Waals surface area contributed by atoms with E-state index in [1.807, 2.05) is 0 Å². The van der Waals surface area contributed by atoms with Crippen LogP contribution >= 0.6 is 12.4 Å². The fourth-order valence-electron chi connectivity index (χ4n) is 2.65. The number of hydrogen-bond acceptors (Lipinski definition) is 7. The average molecular weight is 401 g/mol. The van der Waals surface area contributed by atoms with E-state index < -0.39 is 9.84 Å². The van der Waals surface area contributed by atoms with Gasteiger partial charge in [-0.05, 0) is 43.7 Å². The Morgan fingerprint density at radius 1 is 1.35 bits per heavy atom. The molecule has 10 heteroatoms. The Morgan fingerprint density at radius 2 is 2.08 bits per heavy atom. The summed E-state index contributed by atoms with van der Waals surface area (Å²) in [6.45, 7) is 1.30. The van der Waals surface area contributed by atoms with Gasteiger partial charge in [0, 0.05) is 24.8 Å². The van der Waals surface area contributed by atoms with Crippen LogP contribution in [0.15, 0.2) is 33.7 Å². The zero-order valence-corrected chi connectivity index (χ0v) is 15.9. The van der Waals surface area contributed by atoms with Crippen molar-refractivity contribution >= 4 is 28.2 Å². The van der Waals surface area contributed by atoms with Crippen LogP contribution in [0.2, 0.25) is 0 Å². The summed E-state index contributed by atoms with van der Waals surface area (Å²) in [6.07, 6.45) is 3.47. The Kier molecular flexibility index (Phi) is 6.74. The summed E-state index contributed by atoms with van der Waals surface area (Å²) in [4.78, 5) is 16.4. The molecule has 8 nitrogen and oxygen atoms in total. The summed E-state index contributed by atoms with van der Waals surface area (Å²) >= 11 is 0. The number of carbonyl (C=O) groups excluding carboxylic acids is 1. The highest BCUT2D eigenvalue weighted by Crippen LogP contribution is 2.18. The first kappa shape index (κ1) is 20.3. The van der Waals surface area contributed by atoms with E-state index in [-0.39, 0.29) is 29.3 Å². The monoisotopic (exact) mass is 400 g/mol. The summed E-state index contributed by atoms with van der Waals surface area (Å²) in [5, 5.41) is 9.88. The van der Waals surface area contributed by atoms with Crippen molar-refractivity contribution in [3.63, 3.8) is 0 Å². The third-order valence-electron chi connectivity index (χ3n) is 4.02. The lowest BCUT2D eigenvalue weighted by molar-refractivity contribution is -0.122. The SMILES string of the molecule is CS(=O)(=O)c1ccc(-c2noc(CCNC(=O)C3CCCN3)n2)cc1.Cl. The maximum atomic E-state index is 11.9. The predicted octanol–water partition coefficient (Wildman–Crippen LogP) is 0.973. The zero-order chi connectivity index (χ0) is 17.9. The van der Waals surface area contributed by atoms with E-state index in [0.717, 1.165) is 25.6 Å². The maximum absolute atomic E-state index is 11.9. The molecule has 1 atom stereocenters. The second kappa shape index (κ2) is 8.61. The molecule has 1 fully saturated rings. The first-order valence-electron chi connectivity index (χ1n) is 8.07. The molecule has 1 aliphatic heterocycles. The lowest BCUT2D eigenvalue weighted by Gasteiger charge is -2.09. The minimum Gasteiger partial charge on any atom is -0.354 e. The Bertz CT molecular complexity index is 845. The van der Waals surface area contributed by atoms with E-state index in [1.54, 1.807) is 12.1 Å². The largest absolute Gasteiger partial charge is 0.354 e. The number of nitrogens with zero attached hydrogens (tertiary/aromatic N) is 2. The van der Waals surface area contributed by atoms with Crippen molar-refractivity contribution in [1.82, 2.24) is 20.8 Å². The fraction of sp³-hybridized carbons (Fsp3) is 0.438. The first-order chi connectivity index (χ1) is 11.9. The molecular formula is C16H21ClN4O4S. The highest BCUT2D eigenvalue weighted by molar-refractivity contribution is 7.90. The van der Waals surface area contributed by atoms with Crippen molar-refractivity contribution in [2.24, 2.45) is 0 Å². The molecule has 26 heavy (non-hydrogen) atoms. The standard InChI is InChI=1S/C16H20N4O4S.ClH/c1-25(22,23)12-6-4-11(5-7-12)15-19-14(24-20-15)8-10-18-16(21)13-3-2-9-17-13;/h4-7,13,17H,2-3,8-10H2,1H3,(H,18,21);1H. The topological polar surface area (TPSA) is 114 Å². The number of sulfone groups is 1. The maximum Gasteiger partial charge on any atom is 0.237 e. The van der Waals surface area contributed by atoms with Crippen LogP contribution in [0.4, 0.5) is 0 Å². The van der Waals surface area contributed by atoms with E-state index in [9.17, 15) is 13.2 Å². The molecule has 2 aromatic rings. The van der Waals surface area contributed by atoms with Crippen LogP contribution in [0.25, 0.3) is 11.4 Å². The van der Waals surface area contributed by atoms with Gasteiger partial charge in [-0.3, -0.25) is 4.79 Å². The van der Waals surface area contributed by atoms with E-state index in [4.69, 9.17) is 4.52 Å². The lowest BCUT2D eigenvalue weighted by Crippen LogP contribution is -2.41. The molecule has 0 bridgehead atoms. The van der Waals surface area contributed by atoms with E-state index in [2.05, 4.69) is 20.8 Å². The Labute approximate surface area is 158 Å². The Balaban J connectivity index is 0.00000243. The van der Waals surface area contributed by atoms with Gasteiger partial charge in [-0.2, -0.15) is 4.98 Å². The first-order valence-corrected chi connectivity index (χ1v) is 9.97. The quantitative estimate of drug-likeness (QED) is 0.742. The van der Waals surface area contributed by atoms with Crippen molar-refractivity contribution in [3.05, 3.63) is 30.2 Å². The molecule has 1 aliphatic rings. The Hall–Kier alpha value is -1.97. The number of hydrogen-bond donors (Lipinski definition) is 2. The molecule has 1 unspecified atom stereocenters. The number of aromatic nitrogens is 2. The van der Waals surface area contributed by atoms with Crippen molar-refractivity contribution in [3.8, 4) is 11.4 Å². The number of rotatable bonds is 6. The van der Waals surface area contributed by atoms with Gasteiger partial charge in [-0.1, -0.05) is 5.16 Å². The number of benzene rings is 1.